The van der Waals surface area contributed by atoms with Crippen LogP contribution in [0.5, 0.6) is 0 Å². The smallest absolute Gasteiger partial charge is 0.411 e. The van der Waals surface area contributed by atoms with Crippen molar-refractivity contribution in [2.45, 2.75) is 0 Å². The summed E-state index contributed by atoms with van der Waals surface area (Å²) in [6.45, 7) is 0. The predicted molar refractivity (Wildman–Crippen MR) is 52.2 cm³/mol. The molecule has 1 atom stereocenters. The number of hydrogen-bond acceptors (Lipinski definition) is 5. The van der Waals surface area contributed by atoms with Gasteiger partial charge in [0.25, 0.3) is 0 Å². The average molecular weight is 237 g/mol. The highest BCUT2D eigenvalue weighted by atomic mass is 31.1. The van der Waals surface area contributed by atoms with E-state index >= 15 is 0 Å². The average Bonchev–Trinajstić information content (AvgIpc) is 2.22. The minimum absolute atomic E-state index is 0.0905. The van der Waals surface area contributed by atoms with Crippen LogP contribution >= 0.6 is 7.80 Å². The van der Waals surface area contributed by atoms with Crippen LogP contribution in [-0.4, -0.2) is 41.9 Å². The molecule has 0 aliphatic carbocycles. The Morgan fingerprint density at radius 1 is 1.53 bits per heavy atom. The van der Waals surface area contributed by atoms with Gasteiger partial charge < -0.3 is 19.5 Å². The molecule has 0 saturated heterocycles. The molecule has 0 heterocycles. The minimum Gasteiger partial charge on any atom is -0.477 e. The summed E-state index contributed by atoms with van der Waals surface area (Å²) < 4.78 is 15.0. The van der Waals surface area contributed by atoms with Crippen LogP contribution in [0, 0.1) is 0 Å². The monoisotopic (exact) mass is 237 g/mol. The summed E-state index contributed by atoms with van der Waals surface area (Å²) in [4.78, 5) is 21.2. The first kappa shape index (κ1) is 13.7. The fourth-order valence-electron chi connectivity index (χ4n) is 0.633. The summed E-state index contributed by atoms with van der Waals surface area (Å²) in [5, 5.41) is 19.0. The van der Waals surface area contributed by atoms with Crippen molar-refractivity contribution in [1.29, 1.82) is 0 Å². The van der Waals surface area contributed by atoms with Gasteiger partial charge in [0, 0.05) is 6.16 Å². The van der Waals surface area contributed by atoms with Crippen molar-refractivity contribution in [2.75, 3.05) is 19.6 Å². The summed E-state index contributed by atoms with van der Waals surface area (Å²) >= 11 is 0. The first-order chi connectivity index (χ1) is 7.01. The number of amides is 1. The maximum atomic E-state index is 10.8. The molecule has 7 nitrogen and oxygen atoms in total. The zero-order chi connectivity index (χ0) is 11.8. The van der Waals surface area contributed by atoms with E-state index in [4.69, 9.17) is 10.2 Å². The highest BCUT2D eigenvalue weighted by Crippen LogP contribution is 2.17. The highest BCUT2D eigenvalue weighted by Gasteiger charge is 2.11. The molecule has 0 bridgehead atoms. The van der Waals surface area contributed by atoms with Crippen molar-refractivity contribution in [3.63, 3.8) is 0 Å². The molecule has 0 saturated carbocycles. The Balaban J connectivity index is 4.45. The number of carbonyl (C=O) groups is 2. The number of aliphatic hydroxyl groups excluding tert-OH is 1. The fraction of sp³-hybridized carbons (Fsp3) is 0.429. The number of carboxylic acid groups (broad SMARTS) is 1. The first-order valence-electron chi connectivity index (χ1n) is 3.92. The number of aliphatic carboxylic acids is 1. The standard InChI is InChI=1S/C7H12NO6P/c1-14-7(12)8-5(6(10)11)2-3-15(13)4-9/h2,9,15H,3-4H2,1H3,(H,8,12)(H,10,11). The number of rotatable bonds is 5. The summed E-state index contributed by atoms with van der Waals surface area (Å²) in [6, 6.07) is 0. The number of carbonyl (C=O) groups excluding carboxylic acids is 1. The Labute approximate surface area is 86.5 Å². The van der Waals surface area contributed by atoms with E-state index in [1.165, 1.54) is 0 Å². The number of methoxy groups -OCH3 is 1. The quantitative estimate of drug-likeness (QED) is 0.451. The van der Waals surface area contributed by atoms with E-state index in [-0.39, 0.29) is 6.16 Å². The third-order valence-electron chi connectivity index (χ3n) is 1.36. The highest BCUT2D eigenvalue weighted by molar-refractivity contribution is 7.44. The SMILES string of the molecule is COC(=O)NC(=CC[PH](=O)CO)C(=O)O. The van der Waals surface area contributed by atoms with E-state index in [1.807, 2.05) is 5.32 Å². The molecule has 0 spiro atoms. The Morgan fingerprint density at radius 2 is 2.13 bits per heavy atom. The van der Waals surface area contributed by atoms with Crippen LogP contribution < -0.4 is 5.32 Å². The van der Waals surface area contributed by atoms with Crippen LogP contribution in [-0.2, 0) is 14.1 Å². The molecule has 15 heavy (non-hydrogen) atoms. The van der Waals surface area contributed by atoms with E-state index in [2.05, 4.69) is 4.74 Å². The van der Waals surface area contributed by atoms with Crippen molar-refractivity contribution in [3.8, 4) is 0 Å². The van der Waals surface area contributed by atoms with Gasteiger partial charge in [-0.2, -0.15) is 0 Å². The lowest BCUT2D eigenvalue weighted by molar-refractivity contribution is -0.133. The number of ether oxygens (including phenoxy) is 1. The lowest BCUT2D eigenvalue weighted by Crippen LogP contribution is -2.27. The Kier molecular flexibility index (Phi) is 6.40. The zero-order valence-electron chi connectivity index (χ0n) is 8.02. The molecule has 0 aromatic heterocycles. The third kappa shape index (κ3) is 5.87. The Bertz CT molecular complexity index is 300. The molecule has 3 N–H and O–H groups in total. The van der Waals surface area contributed by atoms with Crippen molar-refractivity contribution in [3.05, 3.63) is 11.8 Å². The van der Waals surface area contributed by atoms with Gasteiger partial charge in [-0.15, -0.1) is 0 Å². The second-order valence-corrected chi connectivity index (χ2v) is 4.24. The number of allylic oxidation sites excluding steroid dienone is 1. The number of alkyl carbamates (subject to hydrolysis) is 1. The van der Waals surface area contributed by atoms with E-state index in [0.717, 1.165) is 13.2 Å². The minimum atomic E-state index is -2.23. The lowest BCUT2D eigenvalue weighted by Gasteiger charge is -2.03. The molecule has 0 radical (unpaired) electrons. The van der Waals surface area contributed by atoms with Gasteiger partial charge in [0.05, 0.1) is 13.5 Å². The lowest BCUT2D eigenvalue weighted by atomic mass is 10.4. The van der Waals surface area contributed by atoms with Gasteiger partial charge in [-0.05, 0) is 6.08 Å². The molecular weight excluding hydrogens is 225 g/mol. The second kappa shape index (κ2) is 7.03. The maximum Gasteiger partial charge on any atom is 0.411 e. The van der Waals surface area contributed by atoms with Gasteiger partial charge in [-0.1, -0.05) is 0 Å². The van der Waals surface area contributed by atoms with Crippen molar-refractivity contribution in [2.24, 2.45) is 0 Å². The zero-order valence-corrected chi connectivity index (χ0v) is 9.02. The van der Waals surface area contributed by atoms with Crippen LogP contribution in [0.15, 0.2) is 11.8 Å². The van der Waals surface area contributed by atoms with E-state index in [1.54, 1.807) is 0 Å². The fourth-order valence-corrected chi connectivity index (χ4v) is 1.19. The van der Waals surface area contributed by atoms with Crippen LogP contribution in [0.3, 0.4) is 0 Å². The van der Waals surface area contributed by atoms with Gasteiger partial charge in [0.1, 0.15) is 13.5 Å². The molecule has 0 fully saturated rings. The molecule has 1 amide bonds. The van der Waals surface area contributed by atoms with Crippen molar-refractivity contribution < 1.29 is 29.1 Å². The molecule has 1 unspecified atom stereocenters. The summed E-state index contributed by atoms with van der Waals surface area (Å²) in [7, 11) is -1.14. The van der Waals surface area contributed by atoms with Crippen molar-refractivity contribution >= 4 is 19.9 Å². The van der Waals surface area contributed by atoms with E-state index in [9.17, 15) is 14.2 Å². The molecule has 0 aliphatic heterocycles. The predicted octanol–water partition coefficient (Wildman–Crippen LogP) is -0.180. The topological polar surface area (TPSA) is 113 Å². The molecule has 0 rings (SSSR count). The molecule has 0 aromatic rings. The molecular formula is C7H12NO6P. The van der Waals surface area contributed by atoms with Crippen molar-refractivity contribution in [1.82, 2.24) is 5.32 Å². The second-order valence-electron chi connectivity index (χ2n) is 2.44. The number of carboxylic acids is 1. The molecule has 0 aromatic carbocycles. The Hall–Kier alpha value is -1.33. The van der Waals surface area contributed by atoms with Gasteiger partial charge in [0.15, 0.2) is 0 Å². The Morgan fingerprint density at radius 3 is 2.53 bits per heavy atom. The van der Waals surface area contributed by atoms with Gasteiger partial charge in [0.2, 0.25) is 0 Å². The summed E-state index contributed by atoms with van der Waals surface area (Å²) in [5.74, 6) is -1.37. The normalized spacial score (nSPS) is 13.1. The van der Waals surface area contributed by atoms with E-state index < -0.39 is 31.9 Å². The number of hydrogen-bond donors (Lipinski definition) is 3. The number of nitrogens with one attached hydrogen (secondary N) is 1. The summed E-state index contributed by atoms with van der Waals surface area (Å²) in [5.41, 5.74) is -0.423. The van der Waals surface area contributed by atoms with Crippen LogP contribution in [0.2, 0.25) is 0 Å². The van der Waals surface area contributed by atoms with Gasteiger partial charge in [-0.25, -0.2) is 9.59 Å². The largest absolute Gasteiger partial charge is 0.477 e. The van der Waals surface area contributed by atoms with Crippen LogP contribution in [0.25, 0.3) is 0 Å². The van der Waals surface area contributed by atoms with Crippen LogP contribution in [0.1, 0.15) is 0 Å². The van der Waals surface area contributed by atoms with E-state index in [0.29, 0.717) is 0 Å². The number of aliphatic hydroxyl groups is 1. The third-order valence-corrected chi connectivity index (χ3v) is 2.37. The molecule has 0 aliphatic rings. The van der Waals surface area contributed by atoms with Gasteiger partial charge >= 0.3 is 12.1 Å². The molecule has 8 heteroatoms. The first-order valence-corrected chi connectivity index (χ1v) is 5.74. The molecule has 86 valence electrons. The maximum absolute atomic E-state index is 10.8. The summed E-state index contributed by atoms with van der Waals surface area (Å²) in [6.07, 6.45) is -0.442. The van der Waals surface area contributed by atoms with Crippen LogP contribution in [0.4, 0.5) is 4.79 Å². The van der Waals surface area contributed by atoms with Gasteiger partial charge in [-0.3, -0.25) is 5.32 Å².